The van der Waals surface area contributed by atoms with Gasteiger partial charge < -0.3 is 4.74 Å². The fourth-order valence-corrected chi connectivity index (χ4v) is 2.99. The molecule has 16 heavy (non-hydrogen) atoms. The van der Waals surface area contributed by atoms with E-state index in [0.29, 0.717) is 18.1 Å². The molecule has 2 aliphatic rings. The predicted molar refractivity (Wildman–Crippen MR) is 65.2 cm³/mol. The van der Waals surface area contributed by atoms with Gasteiger partial charge in [0, 0.05) is 0 Å². The van der Waals surface area contributed by atoms with Crippen molar-refractivity contribution in [2.24, 2.45) is 5.92 Å². The van der Waals surface area contributed by atoms with Gasteiger partial charge in [-0.25, -0.2) is 0 Å². The second-order valence-electron chi connectivity index (χ2n) is 4.79. The normalized spacial score (nSPS) is 31.2. The zero-order valence-corrected chi connectivity index (χ0v) is 9.73. The van der Waals surface area contributed by atoms with E-state index in [1.54, 1.807) is 0 Å². The molecule has 1 aromatic carbocycles. The van der Waals surface area contributed by atoms with Gasteiger partial charge in [0.1, 0.15) is 0 Å². The minimum atomic E-state index is 0.364. The summed E-state index contributed by atoms with van der Waals surface area (Å²) in [5.41, 5.74) is 2.87. The third-order valence-corrected chi connectivity index (χ3v) is 3.75. The second kappa shape index (κ2) is 4.06. The van der Waals surface area contributed by atoms with Crippen LogP contribution < -0.4 is 0 Å². The van der Waals surface area contributed by atoms with Gasteiger partial charge in [0.25, 0.3) is 0 Å². The Morgan fingerprint density at radius 3 is 2.88 bits per heavy atom. The van der Waals surface area contributed by atoms with Gasteiger partial charge in [-0.2, -0.15) is 0 Å². The Kier molecular flexibility index (Phi) is 2.56. The zero-order chi connectivity index (χ0) is 11.0. The minimum Gasteiger partial charge on any atom is -0.365 e. The van der Waals surface area contributed by atoms with E-state index in [0.717, 1.165) is 6.42 Å². The van der Waals surface area contributed by atoms with Crippen LogP contribution in [0.5, 0.6) is 0 Å². The summed E-state index contributed by atoms with van der Waals surface area (Å²) in [6, 6.07) is 8.70. The highest BCUT2D eigenvalue weighted by molar-refractivity contribution is 5.37. The lowest BCUT2D eigenvalue weighted by Gasteiger charge is -2.19. The average molecular weight is 214 g/mol. The topological polar surface area (TPSA) is 9.23 Å². The third kappa shape index (κ3) is 1.51. The van der Waals surface area contributed by atoms with Crippen molar-refractivity contribution in [3.63, 3.8) is 0 Å². The molecule has 0 N–H and O–H groups in total. The summed E-state index contributed by atoms with van der Waals surface area (Å²) < 4.78 is 6.05. The molecule has 1 saturated heterocycles. The molecule has 1 nitrogen and oxygen atoms in total. The highest BCUT2D eigenvalue weighted by atomic mass is 16.5. The molecule has 2 heterocycles. The fraction of sp³-hybridized carbons (Fsp3) is 0.467. The number of allylic oxidation sites excluding steroid dienone is 2. The summed E-state index contributed by atoms with van der Waals surface area (Å²) >= 11 is 0. The van der Waals surface area contributed by atoms with Crippen molar-refractivity contribution >= 4 is 0 Å². The molecule has 2 bridgehead atoms. The number of ether oxygens (including phenoxy) is 1. The zero-order valence-electron chi connectivity index (χ0n) is 9.73. The molecule has 0 aromatic heterocycles. The molecule has 1 heteroatoms. The first-order valence-corrected chi connectivity index (χ1v) is 6.29. The van der Waals surface area contributed by atoms with Crippen LogP contribution in [0, 0.1) is 5.92 Å². The molecule has 3 rings (SSSR count). The summed E-state index contributed by atoms with van der Waals surface area (Å²) in [5, 5.41) is 0. The van der Waals surface area contributed by atoms with Crippen LogP contribution in [0.15, 0.2) is 36.4 Å². The minimum absolute atomic E-state index is 0.364. The van der Waals surface area contributed by atoms with Gasteiger partial charge in [0.15, 0.2) is 0 Å². The van der Waals surface area contributed by atoms with Gasteiger partial charge in [-0.05, 0) is 36.3 Å². The third-order valence-electron chi connectivity index (χ3n) is 3.75. The molecule has 3 unspecified atom stereocenters. The molecule has 0 radical (unpaired) electrons. The first kappa shape index (κ1) is 10.1. The van der Waals surface area contributed by atoms with Crippen LogP contribution in [-0.4, -0.2) is 0 Å². The Morgan fingerprint density at radius 2 is 2.06 bits per heavy atom. The lowest BCUT2D eigenvalue weighted by Crippen LogP contribution is -2.09. The van der Waals surface area contributed by atoms with E-state index in [1.165, 1.54) is 24.0 Å². The van der Waals surface area contributed by atoms with E-state index in [2.05, 4.69) is 43.3 Å². The molecular formula is C15H18O. The maximum Gasteiger partial charge on any atom is 0.0869 e. The lowest BCUT2D eigenvalue weighted by atomic mass is 9.82. The SMILES string of the molecule is CC/C=C/CC1CC2OC1c1ccccc12. The maximum atomic E-state index is 6.05. The van der Waals surface area contributed by atoms with Crippen molar-refractivity contribution in [3.05, 3.63) is 47.5 Å². The number of hydrogen-bond donors (Lipinski definition) is 0. The first-order valence-electron chi connectivity index (χ1n) is 6.29. The predicted octanol–water partition coefficient (Wildman–Crippen LogP) is 4.18. The van der Waals surface area contributed by atoms with Crippen molar-refractivity contribution in [1.82, 2.24) is 0 Å². The molecule has 84 valence electrons. The van der Waals surface area contributed by atoms with Crippen LogP contribution in [0.4, 0.5) is 0 Å². The van der Waals surface area contributed by atoms with Crippen LogP contribution in [-0.2, 0) is 4.74 Å². The van der Waals surface area contributed by atoms with Crippen molar-refractivity contribution in [2.75, 3.05) is 0 Å². The van der Waals surface area contributed by atoms with Gasteiger partial charge >= 0.3 is 0 Å². The number of rotatable bonds is 3. The highest BCUT2D eigenvalue weighted by Crippen LogP contribution is 2.54. The van der Waals surface area contributed by atoms with Crippen molar-refractivity contribution in [2.45, 2.75) is 38.4 Å². The molecule has 0 spiro atoms. The van der Waals surface area contributed by atoms with E-state index < -0.39 is 0 Å². The van der Waals surface area contributed by atoms with Gasteiger partial charge in [-0.15, -0.1) is 0 Å². The van der Waals surface area contributed by atoms with Crippen LogP contribution in [0.3, 0.4) is 0 Å². The van der Waals surface area contributed by atoms with Gasteiger partial charge in [-0.1, -0.05) is 43.3 Å². The number of fused-ring (bicyclic) bond motifs is 5. The summed E-state index contributed by atoms with van der Waals surface area (Å²) in [4.78, 5) is 0. The standard InChI is InChI=1S/C15H18O/c1-2-3-4-7-11-10-14-12-8-5-6-9-13(12)15(11)16-14/h3-6,8-9,11,14-15H,2,7,10H2,1H3/b4-3+. The van der Waals surface area contributed by atoms with Crippen LogP contribution >= 0.6 is 0 Å². The molecule has 0 aliphatic carbocycles. The summed E-state index contributed by atoms with van der Waals surface area (Å²) in [7, 11) is 0. The van der Waals surface area contributed by atoms with Gasteiger partial charge in [0.05, 0.1) is 12.2 Å². The quantitative estimate of drug-likeness (QED) is 0.686. The molecule has 3 atom stereocenters. The summed E-state index contributed by atoms with van der Waals surface area (Å²) in [6.07, 6.45) is 8.83. The smallest absolute Gasteiger partial charge is 0.0869 e. The second-order valence-corrected chi connectivity index (χ2v) is 4.79. The molecule has 1 fully saturated rings. The molecule has 0 saturated carbocycles. The average Bonchev–Trinajstić information content (AvgIpc) is 2.88. The van der Waals surface area contributed by atoms with Crippen LogP contribution in [0.2, 0.25) is 0 Å². The Balaban J connectivity index is 1.78. The highest BCUT2D eigenvalue weighted by Gasteiger charge is 2.43. The summed E-state index contributed by atoms with van der Waals surface area (Å²) in [6.45, 7) is 2.18. The van der Waals surface area contributed by atoms with Gasteiger partial charge in [-0.3, -0.25) is 0 Å². The van der Waals surface area contributed by atoms with E-state index >= 15 is 0 Å². The molecule has 1 aromatic rings. The lowest BCUT2D eigenvalue weighted by molar-refractivity contribution is 0.0602. The van der Waals surface area contributed by atoms with E-state index in [9.17, 15) is 0 Å². The van der Waals surface area contributed by atoms with Crippen LogP contribution in [0.25, 0.3) is 0 Å². The molecule has 0 amide bonds. The number of hydrogen-bond acceptors (Lipinski definition) is 1. The van der Waals surface area contributed by atoms with Crippen molar-refractivity contribution in [1.29, 1.82) is 0 Å². The van der Waals surface area contributed by atoms with Crippen molar-refractivity contribution in [3.8, 4) is 0 Å². The van der Waals surface area contributed by atoms with Gasteiger partial charge in [0.2, 0.25) is 0 Å². The molecule has 2 aliphatic heterocycles. The molecular weight excluding hydrogens is 196 g/mol. The summed E-state index contributed by atoms with van der Waals surface area (Å²) in [5.74, 6) is 0.697. The van der Waals surface area contributed by atoms with Crippen LogP contribution in [0.1, 0.15) is 49.5 Å². The van der Waals surface area contributed by atoms with E-state index in [-0.39, 0.29) is 0 Å². The van der Waals surface area contributed by atoms with E-state index in [1.807, 2.05) is 0 Å². The Bertz CT molecular complexity index is 408. The monoisotopic (exact) mass is 214 g/mol. The Morgan fingerprint density at radius 1 is 1.25 bits per heavy atom. The first-order chi connectivity index (χ1) is 7.90. The largest absolute Gasteiger partial charge is 0.365 e. The Hall–Kier alpha value is -1.08. The maximum absolute atomic E-state index is 6.05. The number of benzene rings is 1. The van der Waals surface area contributed by atoms with E-state index in [4.69, 9.17) is 4.74 Å². The fourth-order valence-electron chi connectivity index (χ4n) is 2.99. The Labute approximate surface area is 97.1 Å². The van der Waals surface area contributed by atoms with Crippen molar-refractivity contribution < 1.29 is 4.74 Å².